The molecule has 3 nitrogen and oxygen atoms in total. The lowest BCUT2D eigenvalue weighted by Gasteiger charge is -2.20. The molecule has 0 saturated carbocycles. The molecule has 23 heavy (non-hydrogen) atoms. The van der Waals surface area contributed by atoms with Gasteiger partial charge in [-0.15, -0.1) is 0 Å². The number of hydrogen-bond acceptors (Lipinski definition) is 2. The lowest BCUT2D eigenvalue weighted by molar-refractivity contribution is -0.123. The Balaban J connectivity index is 1.95. The Labute approximate surface area is 136 Å². The van der Waals surface area contributed by atoms with Crippen LogP contribution in [0.3, 0.4) is 0 Å². The van der Waals surface area contributed by atoms with E-state index < -0.39 is 0 Å². The first kappa shape index (κ1) is 17.0. The van der Waals surface area contributed by atoms with Crippen molar-refractivity contribution in [2.24, 2.45) is 0 Å². The first-order valence-electron chi connectivity index (χ1n) is 7.74. The van der Waals surface area contributed by atoms with E-state index in [-0.39, 0.29) is 24.4 Å². The minimum Gasteiger partial charge on any atom is -0.484 e. The zero-order chi connectivity index (χ0) is 16.8. The van der Waals surface area contributed by atoms with Gasteiger partial charge in [-0.25, -0.2) is 4.39 Å². The predicted octanol–water partition coefficient (Wildman–Crippen LogP) is 4.09. The van der Waals surface area contributed by atoms with Gasteiger partial charge in [0.15, 0.2) is 6.61 Å². The fourth-order valence-electron chi connectivity index (χ4n) is 2.53. The standard InChI is InChI=1S/C19H22FNO2/c1-4-18(17-10-5-13(2)11-14(17)3)21-19(22)12-23-16-8-6-15(20)7-9-16/h5-11,18H,4,12H2,1-3H3,(H,21,22)/t18-/m0/s1. The molecule has 0 fully saturated rings. The normalized spacial score (nSPS) is 11.8. The summed E-state index contributed by atoms with van der Waals surface area (Å²) in [4.78, 5) is 12.1. The summed E-state index contributed by atoms with van der Waals surface area (Å²) in [5, 5.41) is 2.99. The Morgan fingerprint density at radius 2 is 1.87 bits per heavy atom. The van der Waals surface area contributed by atoms with Crippen LogP contribution in [-0.4, -0.2) is 12.5 Å². The van der Waals surface area contributed by atoms with Crippen molar-refractivity contribution in [3.8, 4) is 5.75 Å². The second-order valence-corrected chi connectivity index (χ2v) is 5.63. The molecule has 122 valence electrons. The molecule has 1 amide bonds. The molecule has 2 aromatic rings. The van der Waals surface area contributed by atoms with Crippen molar-refractivity contribution < 1.29 is 13.9 Å². The quantitative estimate of drug-likeness (QED) is 0.872. The first-order valence-corrected chi connectivity index (χ1v) is 7.74. The Hall–Kier alpha value is -2.36. The average Bonchev–Trinajstić information content (AvgIpc) is 2.52. The molecule has 0 unspecified atom stereocenters. The van der Waals surface area contributed by atoms with Gasteiger partial charge < -0.3 is 10.1 Å². The van der Waals surface area contributed by atoms with E-state index in [4.69, 9.17) is 4.74 Å². The van der Waals surface area contributed by atoms with E-state index in [1.54, 1.807) is 0 Å². The number of aryl methyl sites for hydroxylation is 2. The monoisotopic (exact) mass is 315 g/mol. The molecule has 0 spiro atoms. The number of benzene rings is 2. The summed E-state index contributed by atoms with van der Waals surface area (Å²) < 4.78 is 18.2. The Bertz CT molecular complexity index is 668. The zero-order valence-electron chi connectivity index (χ0n) is 13.7. The van der Waals surface area contributed by atoms with Crippen molar-refractivity contribution in [3.05, 3.63) is 65.0 Å². The predicted molar refractivity (Wildman–Crippen MR) is 89.0 cm³/mol. The Morgan fingerprint density at radius 3 is 2.48 bits per heavy atom. The van der Waals surface area contributed by atoms with E-state index in [1.165, 1.54) is 29.8 Å². The summed E-state index contributed by atoms with van der Waals surface area (Å²) in [6.45, 7) is 6.04. The highest BCUT2D eigenvalue weighted by atomic mass is 19.1. The molecule has 2 aromatic carbocycles. The van der Waals surface area contributed by atoms with Crippen molar-refractivity contribution >= 4 is 5.91 Å². The van der Waals surface area contributed by atoms with Gasteiger partial charge in [-0.3, -0.25) is 4.79 Å². The van der Waals surface area contributed by atoms with E-state index >= 15 is 0 Å². The number of halogens is 1. The molecule has 0 saturated heterocycles. The van der Waals surface area contributed by atoms with Crippen molar-refractivity contribution in [2.45, 2.75) is 33.2 Å². The van der Waals surface area contributed by atoms with E-state index in [1.807, 2.05) is 26.8 Å². The molecular weight excluding hydrogens is 293 g/mol. The fourth-order valence-corrected chi connectivity index (χ4v) is 2.53. The third-order valence-corrected chi connectivity index (χ3v) is 3.73. The van der Waals surface area contributed by atoms with E-state index in [2.05, 4.69) is 17.4 Å². The van der Waals surface area contributed by atoms with Crippen molar-refractivity contribution in [2.75, 3.05) is 6.61 Å². The number of carbonyl (C=O) groups is 1. The van der Waals surface area contributed by atoms with E-state index in [9.17, 15) is 9.18 Å². The number of amides is 1. The third kappa shape index (κ3) is 4.81. The molecule has 0 aliphatic rings. The smallest absolute Gasteiger partial charge is 0.258 e. The maximum absolute atomic E-state index is 12.8. The molecule has 0 bridgehead atoms. The van der Waals surface area contributed by atoms with E-state index in [0.29, 0.717) is 5.75 Å². The first-order chi connectivity index (χ1) is 11.0. The van der Waals surface area contributed by atoms with Crippen LogP contribution in [0.5, 0.6) is 5.75 Å². The van der Waals surface area contributed by atoms with Gasteiger partial charge in [0.2, 0.25) is 0 Å². The number of carbonyl (C=O) groups excluding carboxylic acids is 1. The second-order valence-electron chi connectivity index (χ2n) is 5.63. The summed E-state index contributed by atoms with van der Waals surface area (Å²) in [5.41, 5.74) is 3.48. The number of hydrogen-bond donors (Lipinski definition) is 1. The fraction of sp³-hybridized carbons (Fsp3) is 0.316. The summed E-state index contributed by atoms with van der Waals surface area (Å²) in [5.74, 6) is -0.0510. The highest BCUT2D eigenvalue weighted by Gasteiger charge is 2.15. The molecule has 2 rings (SSSR count). The Morgan fingerprint density at radius 1 is 1.17 bits per heavy atom. The van der Waals surface area contributed by atoms with Crippen LogP contribution in [0.4, 0.5) is 4.39 Å². The SMILES string of the molecule is CC[C@H](NC(=O)COc1ccc(F)cc1)c1ccc(C)cc1C. The molecule has 0 radical (unpaired) electrons. The molecule has 0 aliphatic heterocycles. The van der Waals surface area contributed by atoms with Crippen LogP contribution < -0.4 is 10.1 Å². The van der Waals surface area contributed by atoms with Crippen LogP contribution in [0.2, 0.25) is 0 Å². The van der Waals surface area contributed by atoms with Gasteiger partial charge in [-0.1, -0.05) is 30.7 Å². The summed E-state index contributed by atoms with van der Waals surface area (Å²) >= 11 is 0. The van der Waals surface area contributed by atoms with Crippen molar-refractivity contribution in [1.82, 2.24) is 5.32 Å². The van der Waals surface area contributed by atoms with Gasteiger partial charge in [0.1, 0.15) is 11.6 Å². The van der Waals surface area contributed by atoms with Crippen LogP contribution >= 0.6 is 0 Å². The van der Waals surface area contributed by atoms with Crippen LogP contribution in [0.25, 0.3) is 0 Å². The van der Waals surface area contributed by atoms with Crippen molar-refractivity contribution in [3.63, 3.8) is 0 Å². The van der Waals surface area contributed by atoms with Gasteiger partial charge in [0.25, 0.3) is 5.91 Å². The number of nitrogens with one attached hydrogen (secondary N) is 1. The maximum Gasteiger partial charge on any atom is 0.258 e. The average molecular weight is 315 g/mol. The van der Waals surface area contributed by atoms with Gasteiger partial charge >= 0.3 is 0 Å². The molecule has 0 heterocycles. The second kappa shape index (κ2) is 7.77. The molecule has 1 atom stereocenters. The highest BCUT2D eigenvalue weighted by Crippen LogP contribution is 2.21. The van der Waals surface area contributed by atoms with Gasteiger partial charge in [0.05, 0.1) is 6.04 Å². The summed E-state index contributed by atoms with van der Waals surface area (Å²) in [7, 11) is 0. The van der Waals surface area contributed by atoms with Gasteiger partial charge in [0, 0.05) is 0 Å². The molecule has 0 aromatic heterocycles. The van der Waals surface area contributed by atoms with Crippen molar-refractivity contribution in [1.29, 1.82) is 0 Å². The lowest BCUT2D eigenvalue weighted by Crippen LogP contribution is -2.32. The molecule has 4 heteroatoms. The largest absolute Gasteiger partial charge is 0.484 e. The Kier molecular flexibility index (Phi) is 5.74. The number of rotatable bonds is 6. The lowest BCUT2D eigenvalue weighted by atomic mass is 9.97. The third-order valence-electron chi connectivity index (χ3n) is 3.73. The molecule has 0 aliphatic carbocycles. The topological polar surface area (TPSA) is 38.3 Å². The minimum absolute atomic E-state index is 0.0417. The molecule has 1 N–H and O–H groups in total. The van der Waals surface area contributed by atoms with Gasteiger partial charge in [-0.2, -0.15) is 0 Å². The van der Waals surface area contributed by atoms with E-state index in [0.717, 1.165) is 17.5 Å². The highest BCUT2D eigenvalue weighted by molar-refractivity contribution is 5.78. The van der Waals surface area contributed by atoms with Crippen LogP contribution in [0.1, 0.15) is 36.1 Å². The zero-order valence-corrected chi connectivity index (χ0v) is 13.7. The summed E-state index contributed by atoms with van der Waals surface area (Å²) in [6, 6.07) is 11.8. The number of ether oxygens (including phenoxy) is 1. The van der Waals surface area contributed by atoms with Crippen LogP contribution in [-0.2, 0) is 4.79 Å². The minimum atomic E-state index is -0.331. The van der Waals surface area contributed by atoms with Crippen LogP contribution in [0, 0.1) is 19.7 Å². The van der Waals surface area contributed by atoms with Gasteiger partial charge in [-0.05, 0) is 55.7 Å². The molecular formula is C19H22FNO2. The van der Waals surface area contributed by atoms with Crippen LogP contribution in [0.15, 0.2) is 42.5 Å². The summed E-state index contributed by atoms with van der Waals surface area (Å²) in [6.07, 6.45) is 0.798. The maximum atomic E-state index is 12.8.